The Balaban J connectivity index is 1.57. The predicted octanol–water partition coefficient (Wildman–Crippen LogP) is 5.10. The van der Waals surface area contributed by atoms with Crippen molar-refractivity contribution in [3.05, 3.63) is 59.7 Å². The van der Waals surface area contributed by atoms with Crippen LogP contribution in [0.5, 0.6) is 0 Å². The van der Waals surface area contributed by atoms with Crippen LogP contribution in [0, 0.1) is 25.7 Å². The van der Waals surface area contributed by atoms with E-state index in [1.54, 1.807) is 0 Å². The maximum Gasteiger partial charge on any atom is 0.230 e. The molecule has 0 radical (unpaired) electrons. The van der Waals surface area contributed by atoms with E-state index in [-0.39, 0.29) is 23.7 Å². The van der Waals surface area contributed by atoms with E-state index in [1.807, 2.05) is 68.1 Å². The number of hydrogen-bond acceptors (Lipinski definition) is 2. The molecule has 2 amide bonds. The van der Waals surface area contributed by atoms with Crippen molar-refractivity contribution >= 4 is 23.2 Å². The Morgan fingerprint density at radius 3 is 2.21 bits per heavy atom. The van der Waals surface area contributed by atoms with Crippen molar-refractivity contribution in [1.82, 2.24) is 0 Å². The molecular formula is C24H30N2O2. The molecule has 0 unspecified atom stereocenters. The van der Waals surface area contributed by atoms with E-state index in [2.05, 4.69) is 11.4 Å². The summed E-state index contributed by atoms with van der Waals surface area (Å²) in [6.07, 6.45) is 3.07. The summed E-state index contributed by atoms with van der Waals surface area (Å²) < 4.78 is 0. The number of benzene rings is 2. The first-order valence-electron chi connectivity index (χ1n) is 10.2. The third kappa shape index (κ3) is 4.61. The van der Waals surface area contributed by atoms with E-state index in [0.29, 0.717) is 6.54 Å². The molecule has 0 atom stereocenters. The summed E-state index contributed by atoms with van der Waals surface area (Å²) in [6.45, 7) is 6.73. The Labute approximate surface area is 167 Å². The highest BCUT2D eigenvalue weighted by molar-refractivity contribution is 5.96. The van der Waals surface area contributed by atoms with Crippen LogP contribution in [-0.4, -0.2) is 18.4 Å². The van der Waals surface area contributed by atoms with Gasteiger partial charge in [-0.05, 0) is 70.2 Å². The van der Waals surface area contributed by atoms with Crippen molar-refractivity contribution in [2.75, 3.05) is 16.8 Å². The van der Waals surface area contributed by atoms with Crippen LogP contribution >= 0.6 is 0 Å². The second kappa shape index (κ2) is 9.05. The van der Waals surface area contributed by atoms with Gasteiger partial charge in [-0.2, -0.15) is 0 Å². The Kier molecular flexibility index (Phi) is 6.50. The highest BCUT2D eigenvalue weighted by Crippen LogP contribution is 2.32. The summed E-state index contributed by atoms with van der Waals surface area (Å²) >= 11 is 0. The van der Waals surface area contributed by atoms with Crippen LogP contribution in [0.15, 0.2) is 48.5 Å². The molecule has 1 N–H and O–H groups in total. The molecule has 1 saturated carbocycles. The van der Waals surface area contributed by atoms with Crippen molar-refractivity contribution in [3.8, 4) is 0 Å². The van der Waals surface area contributed by atoms with Crippen LogP contribution in [0.1, 0.15) is 43.7 Å². The Hall–Kier alpha value is -2.62. The fraction of sp³-hybridized carbons (Fsp3) is 0.417. The smallest absolute Gasteiger partial charge is 0.230 e. The monoisotopic (exact) mass is 378 g/mol. The van der Waals surface area contributed by atoms with Crippen LogP contribution in [0.2, 0.25) is 0 Å². The molecule has 1 aliphatic rings. The second-order valence-corrected chi connectivity index (χ2v) is 7.77. The summed E-state index contributed by atoms with van der Waals surface area (Å²) in [6, 6.07) is 15.9. The number of rotatable bonds is 5. The number of carbonyl (C=O) groups is 2. The quantitative estimate of drug-likeness (QED) is 0.787. The van der Waals surface area contributed by atoms with Gasteiger partial charge in [0, 0.05) is 29.8 Å². The second-order valence-electron chi connectivity index (χ2n) is 7.77. The van der Waals surface area contributed by atoms with Crippen molar-refractivity contribution in [3.63, 3.8) is 0 Å². The minimum atomic E-state index is -0.0171. The Bertz CT molecular complexity index is 824. The third-order valence-electron chi connectivity index (χ3n) is 5.74. The molecule has 0 spiro atoms. The molecule has 3 rings (SSSR count). The summed E-state index contributed by atoms with van der Waals surface area (Å²) in [7, 11) is 0. The molecule has 0 heterocycles. The van der Waals surface area contributed by atoms with E-state index in [9.17, 15) is 9.59 Å². The van der Waals surface area contributed by atoms with Gasteiger partial charge in [-0.1, -0.05) is 35.9 Å². The van der Waals surface area contributed by atoms with Gasteiger partial charge in [0.15, 0.2) is 0 Å². The Morgan fingerprint density at radius 1 is 0.964 bits per heavy atom. The molecule has 0 saturated heterocycles. The van der Waals surface area contributed by atoms with Crippen LogP contribution in [-0.2, 0) is 9.59 Å². The van der Waals surface area contributed by atoms with Gasteiger partial charge in [0.25, 0.3) is 0 Å². The molecule has 2 aromatic carbocycles. The number of para-hydroxylation sites is 1. The number of amides is 2. The molecule has 0 aliphatic heterocycles. The maximum atomic E-state index is 13.0. The SMILES string of the molecule is CCN(C(=O)C1CCC(C(=O)Nc2ccc(C)cc2C)CC1)c1ccccc1. The van der Waals surface area contributed by atoms with E-state index in [0.717, 1.165) is 42.6 Å². The average Bonchev–Trinajstić information content (AvgIpc) is 2.71. The molecule has 4 heteroatoms. The number of nitrogens with one attached hydrogen (secondary N) is 1. The standard InChI is InChI=1S/C24H30N2O2/c1-4-26(21-8-6-5-7-9-21)24(28)20-13-11-19(12-14-20)23(27)25-22-15-10-17(2)16-18(22)3/h5-10,15-16,19-20H,4,11-14H2,1-3H3,(H,25,27). The molecular weight excluding hydrogens is 348 g/mol. The molecule has 1 fully saturated rings. The highest BCUT2D eigenvalue weighted by Gasteiger charge is 2.32. The molecule has 4 nitrogen and oxygen atoms in total. The number of anilines is 2. The van der Waals surface area contributed by atoms with E-state index in [1.165, 1.54) is 5.56 Å². The first-order valence-corrected chi connectivity index (χ1v) is 10.2. The van der Waals surface area contributed by atoms with Gasteiger partial charge in [0.2, 0.25) is 11.8 Å². The van der Waals surface area contributed by atoms with E-state index >= 15 is 0 Å². The van der Waals surface area contributed by atoms with Gasteiger partial charge in [0.1, 0.15) is 0 Å². The highest BCUT2D eigenvalue weighted by atomic mass is 16.2. The van der Waals surface area contributed by atoms with Crippen molar-refractivity contribution in [2.45, 2.75) is 46.5 Å². The lowest BCUT2D eigenvalue weighted by Gasteiger charge is -2.31. The zero-order valence-corrected chi connectivity index (χ0v) is 17.1. The van der Waals surface area contributed by atoms with Crippen LogP contribution < -0.4 is 10.2 Å². The van der Waals surface area contributed by atoms with Gasteiger partial charge in [-0.25, -0.2) is 0 Å². The van der Waals surface area contributed by atoms with Crippen LogP contribution in [0.25, 0.3) is 0 Å². The average molecular weight is 379 g/mol. The van der Waals surface area contributed by atoms with Crippen LogP contribution in [0.3, 0.4) is 0 Å². The minimum Gasteiger partial charge on any atom is -0.326 e. The first kappa shape index (κ1) is 20.1. The lowest BCUT2D eigenvalue weighted by molar-refractivity contribution is -0.126. The van der Waals surface area contributed by atoms with Gasteiger partial charge >= 0.3 is 0 Å². The van der Waals surface area contributed by atoms with Gasteiger partial charge in [0.05, 0.1) is 0 Å². The Morgan fingerprint density at radius 2 is 1.61 bits per heavy atom. The summed E-state index contributed by atoms with van der Waals surface area (Å²) in [5.41, 5.74) is 4.10. The van der Waals surface area contributed by atoms with Gasteiger partial charge in [-0.15, -0.1) is 0 Å². The molecule has 0 aromatic heterocycles. The number of hydrogen-bond donors (Lipinski definition) is 1. The van der Waals surface area contributed by atoms with Crippen molar-refractivity contribution < 1.29 is 9.59 Å². The summed E-state index contributed by atoms with van der Waals surface area (Å²) in [5, 5.41) is 3.08. The number of aryl methyl sites for hydroxylation is 2. The molecule has 1 aliphatic carbocycles. The largest absolute Gasteiger partial charge is 0.326 e. The summed E-state index contributed by atoms with van der Waals surface area (Å²) in [5.74, 6) is 0.247. The molecule has 0 bridgehead atoms. The minimum absolute atomic E-state index is 0.00492. The molecule has 2 aromatic rings. The number of nitrogens with zero attached hydrogens (tertiary/aromatic N) is 1. The van der Waals surface area contributed by atoms with Crippen molar-refractivity contribution in [1.29, 1.82) is 0 Å². The fourth-order valence-corrected chi connectivity index (χ4v) is 4.09. The molecule has 28 heavy (non-hydrogen) atoms. The zero-order valence-electron chi connectivity index (χ0n) is 17.1. The van der Waals surface area contributed by atoms with Gasteiger partial charge < -0.3 is 10.2 Å². The fourth-order valence-electron chi connectivity index (χ4n) is 4.09. The normalized spacial score (nSPS) is 19.1. The third-order valence-corrected chi connectivity index (χ3v) is 5.74. The summed E-state index contributed by atoms with van der Waals surface area (Å²) in [4.78, 5) is 27.5. The lowest BCUT2D eigenvalue weighted by Crippen LogP contribution is -2.39. The zero-order chi connectivity index (χ0) is 20.1. The predicted molar refractivity (Wildman–Crippen MR) is 114 cm³/mol. The van der Waals surface area contributed by atoms with E-state index < -0.39 is 0 Å². The van der Waals surface area contributed by atoms with Crippen molar-refractivity contribution in [2.24, 2.45) is 11.8 Å². The number of carbonyl (C=O) groups excluding carboxylic acids is 2. The topological polar surface area (TPSA) is 49.4 Å². The van der Waals surface area contributed by atoms with Crippen LogP contribution in [0.4, 0.5) is 11.4 Å². The lowest BCUT2D eigenvalue weighted by atomic mass is 9.80. The first-order chi connectivity index (χ1) is 13.5. The van der Waals surface area contributed by atoms with E-state index in [4.69, 9.17) is 0 Å². The maximum absolute atomic E-state index is 13.0. The van der Waals surface area contributed by atoms with Gasteiger partial charge in [-0.3, -0.25) is 9.59 Å². The molecule has 148 valence electrons.